The molecule has 2 aliphatic heterocycles. The van der Waals surface area contributed by atoms with E-state index in [-0.39, 0.29) is 29.5 Å². The number of benzene rings is 1. The molecule has 0 aliphatic carbocycles. The van der Waals surface area contributed by atoms with Gasteiger partial charge in [-0.15, -0.1) is 0 Å². The van der Waals surface area contributed by atoms with E-state index < -0.39 is 0 Å². The molecule has 1 aromatic rings. The molecule has 3 rings (SSSR count). The summed E-state index contributed by atoms with van der Waals surface area (Å²) in [6.45, 7) is 1.49. The second-order valence-corrected chi connectivity index (χ2v) is 7.03. The Morgan fingerprint density at radius 1 is 1.39 bits per heavy atom. The summed E-state index contributed by atoms with van der Waals surface area (Å²) in [5.41, 5.74) is 6.54. The van der Waals surface area contributed by atoms with Gasteiger partial charge >= 0.3 is 0 Å². The number of nitrogens with zero attached hydrogens (tertiary/aromatic N) is 2. The number of halogens is 2. The van der Waals surface area contributed by atoms with E-state index in [1.807, 2.05) is 11.0 Å². The molecule has 2 heterocycles. The minimum atomic E-state index is 0.0358. The van der Waals surface area contributed by atoms with E-state index in [0.717, 1.165) is 12.0 Å². The van der Waals surface area contributed by atoms with E-state index in [1.165, 1.54) is 0 Å². The number of methoxy groups -OCH3 is 1. The molecule has 124 valence electrons. The Bertz CT molecular complexity index is 670. The SMILES string of the molecule is COc1ccc(Cl)c(Cl)c1[C@H]1C[C@H]2CN(C(N)=S)CC(=O)N2C1. The van der Waals surface area contributed by atoms with E-state index in [0.29, 0.717) is 28.9 Å². The molecule has 2 N–H and O–H groups in total. The summed E-state index contributed by atoms with van der Waals surface area (Å²) in [6.07, 6.45) is 0.779. The van der Waals surface area contributed by atoms with Crippen molar-refractivity contribution in [2.45, 2.75) is 18.4 Å². The van der Waals surface area contributed by atoms with Crippen LogP contribution in [0.2, 0.25) is 10.0 Å². The van der Waals surface area contributed by atoms with Crippen LogP contribution in [-0.2, 0) is 4.79 Å². The molecular formula is C15H17Cl2N3O2S. The van der Waals surface area contributed by atoms with Crippen molar-refractivity contribution >= 4 is 46.4 Å². The van der Waals surface area contributed by atoms with Gasteiger partial charge in [0, 0.05) is 30.6 Å². The van der Waals surface area contributed by atoms with E-state index in [1.54, 1.807) is 18.1 Å². The molecule has 1 aromatic carbocycles. The van der Waals surface area contributed by atoms with Gasteiger partial charge in [-0.2, -0.15) is 0 Å². The molecule has 0 saturated carbocycles. The van der Waals surface area contributed by atoms with Crippen molar-refractivity contribution in [2.75, 3.05) is 26.7 Å². The normalized spacial score (nSPS) is 23.9. The lowest BCUT2D eigenvalue weighted by atomic mass is 9.95. The van der Waals surface area contributed by atoms with Crippen LogP contribution in [0.15, 0.2) is 12.1 Å². The highest BCUT2D eigenvalue weighted by Gasteiger charge is 2.42. The van der Waals surface area contributed by atoms with E-state index in [9.17, 15) is 4.79 Å². The fourth-order valence-corrected chi connectivity index (χ4v) is 4.07. The molecule has 0 aromatic heterocycles. The zero-order chi connectivity index (χ0) is 16.7. The topological polar surface area (TPSA) is 58.8 Å². The third kappa shape index (κ3) is 2.95. The number of fused-ring (bicyclic) bond motifs is 1. The zero-order valence-electron chi connectivity index (χ0n) is 12.6. The first-order valence-corrected chi connectivity index (χ1v) is 8.44. The smallest absolute Gasteiger partial charge is 0.242 e. The molecular weight excluding hydrogens is 357 g/mol. The fraction of sp³-hybridized carbons (Fsp3) is 0.467. The summed E-state index contributed by atoms with van der Waals surface area (Å²) in [5.74, 6) is 0.813. The molecule has 1 amide bonds. The summed E-state index contributed by atoms with van der Waals surface area (Å²) < 4.78 is 5.44. The van der Waals surface area contributed by atoms with Gasteiger partial charge in [-0.1, -0.05) is 23.2 Å². The summed E-state index contributed by atoms with van der Waals surface area (Å²) in [7, 11) is 1.60. The maximum Gasteiger partial charge on any atom is 0.242 e. The Morgan fingerprint density at radius 2 is 2.13 bits per heavy atom. The first-order chi connectivity index (χ1) is 10.9. The molecule has 0 radical (unpaired) electrons. The van der Waals surface area contributed by atoms with E-state index in [4.69, 9.17) is 45.9 Å². The van der Waals surface area contributed by atoms with Gasteiger partial charge in [-0.25, -0.2) is 0 Å². The van der Waals surface area contributed by atoms with Crippen LogP contribution >= 0.6 is 35.4 Å². The van der Waals surface area contributed by atoms with Crippen molar-refractivity contribution in [3.63, 3.8) is 0 Å². The fourth-order valence-electron chi connectivity index (χ4n) is 3.45. The van der Waals surface area contributed by atoms with Crippen molar-refractivity contribution in [1.82, 2.24) is 9.80 Å². The number of carbonyl (C=O) groups is 1. The predicted octanol–water partition coefficient (Wildman–Crippen LogP) is 2.25. The molecule has 2 atom stereocenters. The standard InChI is InChI=1S/C15H17Cl2N3O2S/c1-22-11-3-2-10(16)14(17)13(11)8-4-9-6-19(15(18)23)7-12(21)20(9)5-8/h2-3,8-9H,4-7H2,1H3,(H2,18,23)/t8-,9-/m0/s1. The third-order valence-corrected chi connectivity index (χ3v) is 5.60. The van der Waals surface area contributed by atoms with E-state index >= 15 is 0 Å². The van der Waals surface area contributed by atoms with Crippen LogP contribution in [0.25, 0.3) is 0 Å². The molecule has 2 aliphatic rings. The largest absolute Gasteiger partial charge is 0.496 e. The number of nitrogens with two attached hydrogens (primary N) is 1. The van der Waals surface area contributed by atoms with Crippen molar-refractivity contribution in [1.29, 1.82) is 0 Å². The summed E-state index contributed by atoms with van der Waals surface area (Å²) in [5, 5.41) is 1.25. The maximum absolute atomic E-state index is 12.4. The van der Waals surface area contributed by atoms with Crippen LogP contribution in [0.4, 0.5) is 0 Å². The van der Waals surface area contributed by atoms with Gasteiger partial charge in [-0.3, -0.25) is 4.79 Å². The van der Waals surface area contributed by atoms with Crippen LogP contribution in [-0.4, -0.2) is 53.6 Å². The number of piperazine rings is 1. The first-order valence-electron chi connectivity index (χ1n) is 7.28. The summed E-state index contributed by atoms with van der Waals surface area (Å²) >= 11 is 17.6. The zero-order valence-corrected chi connectivity index (χ0v) is 14.9. The predicted molar refractivity (Wildman–Crippen MR) is 94.2 cm³/mol. The van der Waals surface area contributed by atoms with Crippen LogP contribution in [0, 0.1) is 0 Å². The molecule has 8 heteroatoms. The lowest BCUT2D eigenvalue weighted by Crippen LogP contribution is -2.56. The first kappa shape index (κ1) is 16.6. The quantitative estimate of drug-likeness (QED) is 0.805. The van der Waals surface area contributed by atoms with E-state index in [2.05, 4.69) is 0 Å². The Labute approximate surface area is 150 Å². The molecule has 23 heavy (non-hydrogen) atoms. The average molecular weight is 374 g/mol. The minimum absolute atomic E-state index is 0.0358. The summed E-state index contributed by atoms with van der Waals surface area (Å²) in [4.78, 5) is 16.0. The number of carbonyl (C=O) groups excluding carboxylic acids is 1. The lowest BCUT2D eigenvalue weighted by Gasteiger charge is -2.37. The van der Waals surface area contributed by atoms with Crippen molar-refractivity contribution in [3.8, 4) is 5.75 Å². The van der Waals surface area contributed by atoms with Crippen molar-refractivity contribution in [2.24, 2.45) is 5.73 Å². The maximum atomic E-state index is 12.4. The molecule has 0 unspecified atom stereocenters. The van der Waals surface area contributed by atoms with Gasteiger partial charge in [0.2, 0.25) is 5.91 Å². The number of rotatable bonds is 2. The lowest BCUT2D eigenvalue weighted by molar-refractivity contribution is -0.135. The molecule has 0 spiro atoms. The highest BCUT2D eigenvalue weighted by Crippen LogP contribution is 2.43. The Morgan fingerprint density at radius 3 is 2.78 bits per heavy atom. The second kappa shape index (κ2) is 6.34. The highest BCUT2D eigenvalue weighted by atomic mass is 35.5. The number of thiocarbonyl (C=S) groups is 1. The number of hydrogen-bond acceptors (Lipinski definition) is 3. The Hall–Kier alpha value is -1.24. The van der Waals surface area contributed by atoms with Crippen molar-refractivity contribution in [3.05, 3.63) is 27.7 Å². The van der Waals surface area contributed by atoms with Gasteiger partial charge in [0.05, 0.1) is 23.7 Å². The summed E-state index contributed by atoms with van der Waals surface area (Å²) in [6, 6.07) is 3.60. The van der Waals surface area contributed by atoms with Crippen LogP contribution in [0.5, 0.6) is 5.75 Å². The monoisotopic (exact) mass is 373 g/mol. The number of hydrogen-bond donors (Lipinski definition) is 1. The van der Waals surface area contributed by atoms with Gasteiger partial charge < -0.3 is 20.3 Å². The van der Waals surface area contributed by atoms with Gasteiger partial charge in [0.15, 0.2) is 5.11 Å². The van der Waals surface area contributed by atoms with Crippen LogP contribution < -0.4 is 10.5 Å². The molecule has 2 saturated heterocycles. The van der Waals surface area contributed by atoms with Crippen molar-refractivity contribution < 1.29 is 9.53 Å². The Kier molecular flexibility index (Phi) is 4.58. The molecule has 5 nitrogen and oxygen atoms in total. The number of ether oxygens (including phenoxy) is 1. The molecule has 0 bridgehead atoms. The van der Waals surface area contributed by atoms with Crippen LogP contribution in [0.1, 0.15) is 17.9 Å². The average Bonchev–Trinajstić information content (AvgIpc) is 2.93. The molecule has 2 fully saturated rings. The highest BCUT2D eigenvalue weighted by molar-refractivity contribution is 7.80. The van der Waals surface area contributed by atoms with Gasteiger partial charge in [-0.05, 0) is 30.8 Å². The van der Waals surface area contributed by atoms with Gasteiger partial charge in [0.25, 0.3) is 0 Å². The number of amides is 1. The van der Waals surface area contributed by atoms with Gasteiger partial charge in [0.1, 0.15) is 5.75 Å². The van der Waals surface area contributed by atoms with Crippen LogP contribution in [0.3, 0.4) is 0 Å². The third-order valence-electron chi connectivity index (χ3n) is 4.52. The second-order valence-electron chi connectivity index (χ2n) is 5.83. The minimum Gasteiger partial charge on any atom is -0.496 e. The Balaban J connectivity index is 1.90.